The van der Waals surface area contributed by atoms with Crippen molar-refractivity contribution in [2.45, 2.75) is 26.3 Å². The molecule has 11 heteroatoms. The second-order valence-electron chi connectivity index (χ2n) is 6.30. The van der Waals surface area contributed by atoms with E-state index in [1.807, 2.05) is 13.8 Å². The minimum atomic E-state index is -0.511. The Labute approximate surface area is 170 Å². The van der Waals surface area contributed by atoms with Crippen LogP contribution >= 0.6 is 15.9 Å². The molecule has 1 atom stereocenters. The third kappa shape index (κ3) is 3.84. The third-order valence-electron chi connectivity index (χ3n) is 4.47. The molecule has 1 unspecified atom stereocenters. The molecule has 3 aromatic rings. The quantitative estimate of drug-likeness (QED) is 0.600. The molecule has 0 saturated carbocycles. The average Bonchev–Trinajstić information content (AvgIpc) is 3.31. The lowest BCUT2D eigenvalue weighted by molar-refractivity contribution is -0.119. The second kappa shape index (κ2) is 7.97. The van der Waals surface area contributed by atoms with Crippen molar-refractivity contribution < 1.29 is 9.59 Å². The monoisotopic (exact) mass is 448 g/mol. The molecule has 28 heavy (non-hydrogen) atoms. The number of aryl methyl sites for hydroxylation is 2. The molecular formula is C17H21BrN8O2. The van der Waals surface area contributed by atoms with Gasteiger partial charge in [0.25, 0.3) is 5.91 Å². The first-order valence-electron chi connectivity index (χ1n) is 8.64. The van der Waals surface area contributed by atoms with Crippen molar-refractivity contribution in [1.29, 1.82) is 0 Å². The highest BCUT2D eigenvalue weighted by Crippen LogP contribution is 2.21. The molecule has 10 nitrogen and oxygen atoms in total. The van der Waals surface area contributed by atoms with Gasteiger partial charge in [0.1, 0.15) is 11.7 Å². The smallest absolute Gasteiger partial charge is 0.276 e. The zero-order valence-corrected chi connectivity index (χ0v) is 17.6. The molecule has 0 aliphatic heterocycles. The van der Waals surface area contributed by atoms with Gasteiger partial charge >= 0.3 is 0 Å². The molecule has 3 rings (SSSR count). The first-order valence-corrected chi connectivity index (χ1v) is 9.43. The third-order valence-corrected chi connectivity index (χ3v) is 4.88. The van der Waals surface area contributed by atoms with E-state index >= 15 is 0 Å². The standard InChI is InChI=1S/C17H21BrN8O2/c1-5-14(26-9-11(18)6-21-26)16(27)23-13-8-20-25(4)15(13)17(28)22-12-7-19-24(3)10(12)2/h6-9,14H,5H2,1-4H3,(H,22,28)(H,23,27). The largest absolute Gasteiger partial charge is 0.321 e. The van der Waals surface area contributed by atoms with Crippen LogP contribution in [0.2, 0.25) is 0 Å². The number of hydrogen-bond donors (Lipinski definition) is 2. The number of hydrogen-bond acceptors (Lipinski definition) is 5. The van der Waals surface area contributed by atoms with E-state index < -0.39 is 6.04 Å². The molecule has 0 aliphatic carbocycles. The first-order chi connectivity index (χ1) is 13.3. The van der Waals surface area contributed by atoms with Crippen LogP contribution in [0.3, 0.4) is 0 Å². The van der Waals surface area contributed by atoms with Crippen LogP contribution < -0.4 is 10.6 Å². The van der Waals surface area contributed by atoms with E-state index in [1.54, 1.807) is 42.0 Å². The van der Waals surface area contributed by atoms with Gasteiger partial charge in [-0.05, 0) is 29.3 Å². The van der Waals surface area contributed by atoms with E-state index in [0.29, 0.717) is 17.8 Å². The van der Waals surface area contributed by atoms with Crippen molar-refractivity contribution in [2.24, 2.45) is 14.1 Å². The summed E-state index contributed by atoms with van der Waals surface area (Å²) >= 11 is 3.33. The molecule has 0 aromatic carbocycles. The van der Waals surface area contributed by atoms with Crippen LogP contribution in [0.15, 0.2) is 29.3 Å². The van der Waals surface area contributed by atoms with Crippen LogP contribution in [0.25, 0.3) is 0 Å². The fourth-order valence-corrected chi connectivity index (χ4v) is 3.10. The summed E-state index contributed by atoms with van der Waals surface area (Å²) in [5.41, 5.74) is 1.99. The lowest BCUT2D eigenvalue weighted by atomic mass is 10.2. The normalized spacial score (nSPS) is 12.0. The first kappa shape index (κ1) is 19.8. The van der Waals surface area contributed by atoms with E-state index in [9.17, 15) is 9.59 Å². The number of anilines is 2. The summed E-state index contributed by atoms with van der Waals surface area (Å²) in [6, 6.07) is -0.511. The van der Waals surface area contributed by atoms with Crippen LogP contribution in [-0.4, -0.2) is 41.2 Å². The van der Waals surface area contributed by atoms with E-state index in [1.165, 1.54) is 10.9 Å². The van der Waals surface area contributed by atoms with Gasteiger partial charge in [0, 0.05) is 20.3 Å². The van der Waals surface area contributed by atoms with Gasteiger partial charge in [0.2, 0.25) is 5.91 Å². The maximum atomic E-state index is 12.8. The maximum Gasteiger partial charge on any atom is 0.276 e. The topological polar surface area (TPSA) is 112 Å². The Hall–Kier alpha value is -2.95. The van der Waals surface area contributed by atoms with Gasteiger partial charge in [-0.15, -0.1) is 0 Å². The Morgan fingerprint density at radius 2 is 1.75 bits per heavy atom. The molecule has 148 valence electrons. The van der Waals surface area contributed by atoms with Gasteiger partial charge < -0.3 is 10.6 Å². The molecule has 0 saturated heterocycles. The van der Waals surface area contributed by atoms with Crippen molar-refractivity contribution in [1.82, 2.24) is 29.3 Å². The predicted octanol–water partition coefficient (Wildman–Crippen LogP) is 2.26. The van der Waals surface area contributed by atoms with Gasteiger partial charge in [0.05, 0.1) is 40.1 Å². The summed E-state index contributed by atoms with van der Waals surface area (Å²) < 4.78 is 5.44. The SMILES string of the molecule is CCC(C(=O)Nc1cnn(C)c1C(=O)Nc1cnn(C)c1C)n1cc(Br)cn1. The number of nitrogens with one attached hydrogen (secondary N) is 2. The highest BCUT2D eigenvalue weighted by Gasteiger charge is 2.24. The molecule has 3 heterocycles. The molecule has 0 radical (unpaired) electrons. The number of nitrogens with zero attached hydrogens (tertiary/aromatic N) is 6. The lowest BCUT2D eigenvalue weighted by Crippen LogP contribution is -2.27. The second-order valence-corrected chi connectivity index (χ2v) is 7.22. The summed E-state index contributed by atoms with van der Waals surface area (Å²) in [4.78, 5) is 25.6. The Kier molecular flexibility index (Phi) is 5.63. The fraction of sp³-hybridized carbons (Fsp3) is 0.353. The molecule has 0 fully saturated rings. The predicted molar refractivity (Wildman–Crippen MR) is 107 cm³/mol. The van der Waals surface area contributed by atoms with E-state index in [4.69, 9.17) is 0 Å². The zero-order chi connectivity index (χ0) is 20.4. The van der Waals surface area contributed by atoms with Crippen molar-refractivity contribution >= 4 is 39.1 Å². The Bertz CT molecular complexity index is 1020. The highest BCUT2D eigenvalue weighted by molar-refractivity contribution is 9.10. The van der Waals surface area contributed by atoms with Gasteiger partial charge in [0.15, 0.2) is 0 Å². The van der Waals surface area contributed by atoms with Crippen molar-refractivity contribution in [3.8, 4) is 0 Å². The Morgan fingerprint density at radius 1 is 1.07 bits per heavy atom. The van der Waals surface area contributed by atoms with Gasteiger partial charge in [-0.25, -0.2) is 0 Å². The summed E-state index contributed by atoms with van der Waals surface area (Å²) in [5, 5.41) is 18.0. The summed E-state index contributed by atoms with van der Waals surface area (Å²) in [7, 11) is 3.43. The Morgan fingerprint density at radius 3 is 2.32 bits per heavy atom. The van der Waals surface area contributed by atoms with Gasteiger partial charge in [-0.2, -0.15) is 15.3 Å². The molecule has 0 aliphatic rings. The lowest BCUT2D eigenvalue weighted by Gasteiger charge is -2.15. The van der Waals surface area contributed by atoms with Crippen LogP contribution in [0.5, 0.6) is 0 Å². The van der Waals surface area contributed by atoms with E-state index in [-0.39, 0.29) is 17.5 Å². The van der Waals surface area contributed by atoms with E-state index in [2.05, 4.69) is 41.9 Å². The number of carbonyl (C=O) groups excluding carboxylic acids is 2. The van der Waals surface area contributed by atoms with Crippen molar-refractivity contribution in [3.63, 3.8) is 0 Å². The van der Waals surface area contributed by atoms with Crippen LogP contribution in [0.4, 0.5) is 11.4 Å². The number of amides is 2. The molecule has 2 N–H and O–H groups in total. The number of rotatable bonds is 6. The maximum absolute atomic E-state index is 12.8. The molecular weight excluding hydrogens is 428 g/mol. The minimum Gasteiger partial charge on any atom is -0.321 e. The number of halogens is 1. The Balaban J connectivity index is 1.81. The minimum absolute atomic E-state index is 0.244. The molecule has 2 amide bonds. The summed E-state index contributed by atoms with van der Waals surface area (Å²) in [5.74, 6) is -0.668. The van der Waals surface area contributed by atoms with E-state index in [0.717, 1.165) is 10.2 Å². The van der Waals surface area contributed by atoms with Crippen molar-refractivity contribution in [3.05, 3.63) is 40.6 Å². The van der Waals surface area contributed by atoms with Gasteiger partial charge in [-0.1, -0.05) is 6.92 Å². The number of aromatic nitrogens is 6. The highest BCUT2D eigenvalue weighted by atomic mass is 79.9. The zero-order valence-electron chi connectivity index (χ0n) is 16.0. The summed E-state index contributed by atoms with van der Waals surface area (Å²) in [6.45, 7) is 3.74. The fourth-order valence-electron chi connectivity index (χ4n) is 2.80. The molecule has 3 aromatic heterocycles. The van der Waals surface area contributed by atoms with Crippen LogP contribution in [0, 0.1) is 6.92 Å². The molecule has 0 bridgehead atoms. The van der Waals surface area contributed by atoms with Gasteiger partial charge in [-0.3, -0.25) is 23.6 Å². The van der Waals surface area contributed by atoms with Crippen molar-refractivity contribution in [2.75, 3.05) is 10.6 Å². The average molecular weight is 449 g/mol. The number of carbonyl (C=O) groups is 2. The van der Waals surface area contributed by atoms with Crippen LogP contribution in [-0.2, 0) is 18.9 Å². The summed E-state index contributed by atoms with van der Waals surface area (Å²) in [6.07, 6.45) is 6.92. The van der Waals surface area contributed by atoms with Crippen LogP contribution in [0.1, 0.15) is 35.6 Å². The molecule has 0 spiro atoms.